The first-order valence-electron chi connectivity index (χ1n) is 6.37. The molecule has 0 atom stereocenters. The van der Waals surface area contributed by atoms with Crippen LogP contribution in [0.3, 0.4) is 0 Å². The average molecular weight is 266 g/mol. The molecular weight excluding hydrogens is 252 g/mol. The molecule has 0 spiro atoms. The smallest absolute Gasteiger partial charge is 0.253 e. The molecule has 0 unspecified atom stereocenters. The molecule has 100 valence electrons. The Kier molecular flexibility index (Phi) is 3.16. The SMILES string of the molecule is Cc1nccc(CNC(=O)c2cccc3cc[nH]c23)n1. The second-order valence-electron chi connectivity index (χ2n) is 4.53. The molecule has 0 bridgehead atoms. The Labute approximate surface area is 116 Å². The quantitative estimate of drug-likeness (QED) is 0.763. The van der Waals surface area contributed by atoms with Crippen LogP contribution in [0.1, 0.15) is 21.9 Å². The Morgan fingerprint density at radius 2 is 2.20 bits per heavy atom. The largest absolute Gasteiger partial charge is 0.361 e. The minimum atomic E-state index is -0.116. The van der Waals surface area contributed by atoms with Crippen molar-refractivity contribution in [3.63, 3.8) is 0 Å². The number of carbonyl (C=O) groups excluding carboxylic acids is 1. The molecule has 1 aromatic carbocycles. The number of aryl methyl sites for hydroxylation is 1. The highest BCUT2D eigenvalue weighted by Crippen LogP contribution is 2.16. The summed E-state index contributed by atoms with van der Waals surface area (Å²) in [5.74, 6) is 0.581. The molecule has 2 N–H and O–H groups in total. The van der Waals surface area contributed by atoms with Crippen LogP contribution in [0.15, 0.2) is 42.7 Å². The lowest BCUT2D eigenvalue weighted by atomic mass is 10.1. The zero-order valence-electron chi connectivity index (χ0n) is 11.1. The van der Waals surface area contributed by atoms with E-state index in [0.29, 0.717) is 17.9 Å². The number of nitrogens with one attached hydrogen (secondary N) is 2. The first kappa shape index (κ1) is 12.3. The van der Waals surface area contributed by atoms with Crippen LogP contribution < -0.4 is 5.32 Å². The van der Waals surface area contributed by atoms with E-state index in [1.807, 2.05) is 31.3 Å². The van der Waals surface area contributed by atoms with Crippen molar-refractivity contribution in [2.45, 2.75) is 13.5 Å². The zero-order chi connectivity index (χ0) is 13.9. The van der Waals surface area contributed by atoms with Crippen molar-refractivity contribution in [2.75, 3.05) is 0 Å². The highest BCUT2D eigenvalue weighted by atomic mass is 16.1. The highest BCUT2D eigenvalue weighted by molar-refractivity contribution is 6.05. The summed E-state index contributed by atoms with van der Waals surface area (Å²) in [4.78, 5) is 23.6. The predicted octanol–water partition coefficient (Wildman–Crippen LogP) is 2.20. The van der Waals surface area contributed by atoms with Crippen LogP contribution in [0.5, 0.6) is 0 Å². The number of aromatic nitrogens is 3. The van der Waals surface area contributed by atoms with Crippen molar-refractivity contribution < 1.29 is 4.79 Å². The number of fused-ring (bicyclic) bond motifs is 1. The Morgan fingerprint density at radius 1 is 1.30 bits per heavy atom. The summed E-state index contributed by atoms with van der Waals surface area (Å²) in [6.07, 6.45) is 3.52. The molecule has 3 aromatic rings. The summed E-state index contributed by atoms with van der Waals surface area (Å²) in [5.41, 5.74) is 2.28. The fourth-order valence-corrected chi connectivity index (χ4v) is 2.14. The molecule has 5 heteroatoms. The number of H-pyrrole nitrogens is 1. The second-order valence-corrected chi connectivity index (χ2v) is 4.53. The summed E-state index contributed by atoms with van der Waals surface area (Å²) in [7, 11) is 0. The maximum Gasteiger partial charge on any atom is 0.253 e. The van der Waals surface area contributed by atoms with Gasteiger partial charge < -0.3 is 10.3 Å². The van der Waals surface area contributed by atoms with Gasteiger partial charge in [-0.1, -0.05) is 12.1 Å². The van der Waals surface area contributed by atoms with Gasteiger partial charge in [0.1, 0.15) is 5.82 Å². The molecule has 3 rings (SSSR count). The summed E-state index contributed by atoms with van der Waals surface area (Å²) in [6.45, 7) is 2.21. The molecule has 0 radical (unpaired) electrons. The van der Waals surface area contributed by atoms with E-state index in [4.69, 9.17) is 0 Å². The van der Waals surface area contributed by atoms with Gasteiger partial charge in [-0.3, -0.25) is 4.79 Å². The lowest BCUT2D eigenvalue weighted by Gasteiger charge is -2.06. The lowest BCUT2D eigenvalue weighted by Crippen LogP contribution is -2.23. The summed E-state index contributed by atoms with van der Waals surface area (Å²) in [5, 5.41) is 3.90. The molecule has 5 nitrogen and oxygen atoms in total. The standard InChI is InChI=1S/C15H14N4O/c1-10-16-8-6-12(19-10)9-18-15(20)13-4-2-3-11-5-7-17-14(11)13/h2-8,17H,9H2,1H3,(H,18,20). The van der Waals surface area contributed by atoms with E-state index in [1.165, 1.54) is 0 Å². The van der Waals surface area contributed by atoms with Crippen LogP contribution >= 0.6 is 0 Å². The van der Waals surface area contributed by atoms with Crippen LogP contribution in [0.2, 0.25) is 0 Å². The molecular formula is C15H14N4O. The summed E-state index contributed by atoms with van der Waals surface area (Å²) < 4.78 is 0. The van der Waals surface area contributed by atoms with E-state index in [2.05, 4.69) is 20.3 Å². The van der Waals surface area contributed by atoms with Gasteiger partial charge in [-0.2, -0.15) is 0 Å². The normalized spacial score (nSPS) is 10.7. The Balaban J connectivity index is 1.78. The van der Waals surface area contributed by atoms with E-state index in [0.717, 1.165) is 16.6 Å². The van der Waals surface area contributed by atoms with Gasteiger partial charge in [0.15, 0.2) is 0 Å². The number of para-hydroxylation sites is 1. The van der Waals surface area contributed by atoms with Gasteiger partial charge in [-0.05, 0) is 25.1 Å². The van der Waals surface area contributed by atoms with Crippen LogP contribution in [0.4, 0.5) is 0 Å². The van der Waals surface area contributed by atoms with E-state index in [-0.39, 0.29) is 5.91 Å². The molecule has 0 saturated carbocycles. The summed E-state index contributed by atoms with van der Waals surface area (Å²) >= 11 is 0. The topological polar surface area (TPSA) is 70.7 Å². The van der Waals surface area contributed by atoms with Gasteiger partial charge in [-0.25, -0.2) is 9.97 Å². The van der Waals surface area contributed by atoms with Crippen LogP contribution in [-0.2, 0) is 6.54 Å². The van der Waals surface area contributed by atoms with E-state index >= 15 is 0 Å². The molecule has 0 fully saturated rings. The third-order valence-electron chi connectivity index (χ3n) is 3.10. The number of hydrogen-bond donors (Lipinski definition) is 2. The third-order valence-corrected chi connectivity index (χ3v) is 3.10. The minimum absolute atomic E-state index is 0.116. The molecule has 2 heterocycles. The molecule has 20 heavy (non-hydrogen) atoms. The van der Waals surface area contributed by atoms with Crippen molar-refractivity contribution >= 4 is 16.8 Å². The Morgan fingerprint density at radius 3 is 3.05 bits per heavy atom. The van der Waals surface area contributed by atoms with Crippen LogP contribution in [0.25, 0.3) is 10.9 Å². The van der Waals surface area contributed by atoms with E-state index in [1.54, 1.807) is 18.3 Å². The Hall–Kier alpha value is -2.69. The first-order chi connectivity index (χ1) is 9.74. The molecule has 0 saturated heterocycles. The maximum atomic E-state index is 12.2. The maximum absolute atomic E-state index is 12.2. The van der Waals surface area contributed by atoms with Crippen molar-refractivity contribution in [3.05, 3.63) is 59.8 Å². The molecule has 0 aliphatic carbocycles. The van der Waals surface area contributed by atoms with Gasteiger partial charge in [0.25, 0.3) is 5.91 Å². The average Bonchev–Trinajstić information content (AvgIpc) is 2.93. The van der Waals surface area contributed by atoms with E-state index < -0.39 is 0 Å². The molecule has 1 amide bonds. The number of aromatic amines is 1. The predicted molar refractivity (Wildman–Crippen MR) is 76.2 cm³/mol. The lowest BCUT2D eigenvalue weighted by molar-refractivity contribution is 0.0952. The number of hydrogen-bond acceptors (Lipinski definition) is 3. The molecule has 0 aliphatic rings. The second kappa shape index (κ2) is 5.13. The first-order valence-corrected chi connectivity index (χ1v) is 6.37. The van der Waals surface area contributed by atoms with Crippen molar-refractivity contribution in [1.29, 1.82) is 0 Å². The summed E-state index contributed by atoms with van der Waals surface area (Å²) in [6, 6.07) is 9.39. The fourth-order valence-electron chi connectivity index (χ4n) is 2.14. The number of benzene rings is 1. The fraction of sp³-hybridized carbons (Fsp3) is 0.133. The van der Waals surface area contributed by atoms with Crippen LogP contribution in [0, 0.1) is 6.92 Å². The van der Waals surface area contributed by atoms with Crippen molar-refractivity contribution in [3.8, 4) is 0 Å². The van der Waals surface area contributed by atoms with Crippen LogP contribution in [-0.4, -0.2) is 20.9 Å². The van der Waals surface area contributed by atoms with Gasteiger partial charge in [0.05, 0.1) is 23.3 Å². The third kappa shape index (κ3) is 2.38. The monoisotopic (exact) mass is 266 g/mol. The van der Waals surface area contributed by atoms with Gasteiger partial charge >= 0.3 is 0 Å². The molecule has 2 aromatic heterocycles. The highest BCUT2D eigenvalue weighted by Gasteiger charge is 2.10. The zero-order valence-corrected chi connectivity index (χ0v) is 11.1. The number of carbonyl (C=O) groups is 1. The van der Waals surface area contributed by atoms with Gasteiger partial charge in [0, 0.05) is 17.8 Å². The molecule has 0 aliphatic heterocycles. The van der Waals surface area contributed by atoms with Gasteiger partial charge in [0.2, 0.25) is 0 Å². The van der Waals surface area contributed by atoms with Gasteiger partial charge in [-0.15, -0.1) is 0 Å². The van der Waals surface area contributed by atoms with Crippen molar-refractivity contribution in [1.82, 2.24) is 20.3 Å². The minimum Gasteiger partial charge on any atom is -0.361 e. The Bertz CT molecular complexity index is 763. The number of rotatable bonds is 3. The number of nitrogens with zero attached hydrogens (tertiary/aromatic N) is 2. The number of amides is 1. The van der Waals surface area contributed by atoms with Crippen molar-refractivity contribution in [2.24, 2.45) is 0 Å². The van der Waals surface area contributed by atoms with E-state index in [9.17, 15) is 4.79 Å².